The van der Waals surface area contributed by atoms with Crippen LogP contribution in [0.2, 0.25) is 0 Å². The zero-order chi connectivity index (χ0) is 26.1. The van der Waals surface area contributed by atoms with Crippen LogP contribution in [0, 0.1) is 0 Å². The quantitative estimate of drug-likeness (QED) is 0.294. The maximum absolute atomic E-state index is 10.3. The molecule has 10 nitrogen and oxygen atoms in total. The summed E-state index contributed by atoms with van der Waals surface area (Å²) >= 11 is 1.16. The summed E-state index contributed by atoms with van der Waals surface area (Å²) < 4.78 is 42.1. The first-order chi connectivity index (χ1) is 15.6. The van der Waals surface area contributed by atoms with E-state index in [1.54, 1.807) is 20.8 Å². The van der Waals surface area contributed by atoms with Crippen molar-refractivity contribution in [1.29, 1.82) is 0 Å². The third-order valence-electron chi connectivity index (χ3n) is 3.33. The van der Waals surface area contributed by atoms with Crippen LogP contribution < -0.4 is 12.4 Å². The molecule has 0 bridgehead atoms. The Balaban J connectivity index is -0.000000169. The van der Waals surface area contributed by atoms with E-state index in [0.717, 1.165) is 32.3 Å². The average Bonchev–Trinajstić information content (AvgIpc) is 3.38. The molecular formula is C20H44Cl2N4O6S2-2. The van der Waals surface area contributed by atoms with Crippen LogP contribution in [0.5, 0.6) is 0 Å². The smallest absolute Gasteiger partial charge is 0.304 e. The van der Waals surface area contributed by atoms with Crippen LogP contribution in [0.25, 0.3) is 0 Å². The van der Waals surface area contributed by atoms with Gasteiger partial charge in [0.15, 0.2) is 0 Å². The minimum absolute atomic E-state index is 0. The Kier molecular flexibility index (Phi) is 36.3. The highest BCUT2D eigenvalue weighted by atomic mass is 35.5. The fourth-order valence-corrected chi connectivity index (χ4v) is 2.56. The summed E-state index contributed by atoms with van der Waals surface area (Å²) in [7, 11) is 4.15. The highest BCUT2D eigenvalue weighted by molar-refractivity contribution is 7.75. The van der Waals surface area contributed by atoms with Gasteiger partial charge in [-0.1, -0.05) is 6.92 Å². The van der Waals surface area contributed by atoms with Gasteiger partial charge in [0.2, 0.25) is 0 Å². The zero-order valence-corrected chi connectivity index (χ0v) is 24.9. The van der Waals surface area contributed by atoms with Gasteiger partial charge in [-0.15, -0.1) is 11.6 Å². The number of hydrogen-bond donors (Lipinski definition) is 0. The maximum atomic E-state index is 10.3. The normalized spacial score (nSPS) is 14.1. The summed E-state index contributed by atoms with van der Waals surface area (Å²) in [6.07, 6.45) is 8.40. The van der Waals surface area contributed by atoms with E-state index in [4.69, 9.17) is 11.6 Å². The number of nitrogens with zero attached hydrogens (tertiary/aromatic N) is 4. The van der Waals surface area contributed by atoms with Gasteiger partial charge in [-0.05, 0) is 34.6 Å². The van der Waals surface area contributed by atoms with Crippen LogP contribution in [-0.2, 0) is 35.3 Å². The fraction of sp³-hybridized carbons (Fsp3) is 0.800. The molecule has 0 fully saturated rings. The predicted octanol–water partition coefficient (Wildman–Crippen LogP) is 0.0690. The molecular weight excluding hydrogens is 527 g/mol. The van der Waals surface area contributed by atoms with Crippen molar-refractivity contribution in [3.05, 3.63) is 24.8 Å². The fourth-order valence-electron chi connectivity index (χ4n) is 1.91. The lowest BCUT2D eigenvalue weighted by atomic mass is 10.6. The molecule has 1 atom stereocenters. The molecule has 0 aromatic heterocycles. The van der Waals surface area contributed by atoms with Gasteiger partial charge < -0.3 is 40.7 Å². The standard InChI is InChI=1S/2C6H12N2.C4H10O3S.C2H5Cl.C2H6O3S.ClH/c2*1-3-8-5-4-7(2)6-8;1-3-6-8(5)7-4-2;1-2-3;1-2-5-6(3)4;/h2*4-5H,3,6H2,1-2H3;3-4H2,1-2H3;2H2,1H3;2H2,1H3,(H,3,4);1H/p-2. The van der Waals surface area contributed by atoms with E-state index in [1.807, 2.05) is 6.92 Å². The lowest BCUT2D eigenvalue weighted by molar-refractivity contribution is -0.0000147. The van der Waals surface area contributed by atoms with Crippen LogP contribution in [-0.4, -0.2) is 98.8 Å². The number of halogens is 2. The number of alkyl halides is 1. The van der Waals surface area contributed by atoms with Crippen molar-refractivity contribution in [3.63, 3.8) is 0 Å². The topological polar surface area (TPSA) is 97.9 Å². The van der Waals surface area contributed by atoms with Gasteiger partial charge in [0, 0.05) is 57.9 Å². The molecule has 1 unspecified atom stereocenters. The van der Waals surface area contributed by atoms with Crippen LogP contribution in [0.15, 0.2) is 24.8 Å². The zero-order valence-electron chi connectivity index (χ0n) is 21.8. The minimum atomic E-state index is -2.32. The van der Waals surface area contributed by atoms with E-state index in [-0.39, 0.29) is 19.0 Å². The van der Waals surface area contributed by atoms with Crippen molar-refractivity contribution >= 4 is 34.3 Å². The average molecular weight is 572 g/mol. The maximum Gasteiger partial charge on any atom is 0.304 e. The summed E-state index contributed by atoms with van der Waals surface area (Å²) in [6.45, 7) is 16.7. The first kappa shape index (κ1) is 40.6. The summed E-state index contributed by atoms with van der Waals surface area (Å²) in [5.41, 5.74) is 0. The Hall–Kier alpha value is -0.600. The van der Waals surface area contributed by atoms with Crippen molar-refractivity contribution in [1.82, 2.24) is 19.6 Å². The molecule has 0 amide bonds. The van der Waals surface area contributed by atoms with Crippen molar-refractivity contribution in [3.8, 4) is 0 Å². The number of hydrogen-bond acceptors (Lipinski definition) is 10. The molecule has 2 heterocycles. The third kappa shape index (κ3) is 31.4. The van der Waals surface area contributed by atoms with Gasteiger partial charge in [-0.3, -0.25) is 8.37 Å². The number of rotatable bonds is 8. The lowest BCUT2D eigenvalue weighted by Crippen LogP contribution is -3.00. The van der Waals surface area contributed by atoms with Gasteiger partial charge in [0.25, 0.3) is 0 Å². The molecule has 2 aliphatic heterocycles. The van der Waals surface area contributed by atoms with Crippen LogP contribution in [0.3, 0.4) is 0 Å². The summed E-state index contributed by atoms with van der Waals surface area (Å²) in [5.74, 6) is 0.722. The van der Waals surface area contributed by atoms with Crippen LogP contribution in [0.4, 0.5) is 0 Å². The van der Waals surface area contributed by atoms with E-state index in [2.05, 4.69) is 84.9 Å². The third-order valence-corrected chi connectivity index (χ3v) is 4.61. The summed E-state index contributed by atoms with van der Waals surface area (Å²) in [4.78, 5) is 8.81. The molecule has 2 aliphatic rings. The Morgan fingerprint density at radius 1 is 0.765 bits per heavy atom. The highest BCUT2D eigenvalue weighted by Gasteiger charge is 2.04. The monoisotopic (exact) mass is 570 g/mol. The van der Waals surface area contributed by atoms with Gasteiger partial charge in [-0.25, -0.2) is 4.21 Å². The van der Waals surface area contributed by atoms with Gasteiger partial charge >= 0.3 is 11.4 Å². The molecule has 208 valence electrons. The Morgan fingerprint density at radius 3 is 1.21 bits per heavy atom. The van der Waals surface area contributed by atoms with E-state index >= 15 is 0 Å². The second-order valence-corrected chi connectivity index (χ2v) is 8.16. The minimum Gasteiger partial charge on any atom is -1.00 e. The molecule has 0 aromatic carbocycles. The molecule has 0 aromatic rings. The molecule has 0 saturated heterocycles. The summed E-state index contributed by atoms with van der Waals surface area (Å²) in [6, 6.07) is 0. The van der Waals surface area contributed by atoms with Crippen molar-refractivity contribution in [2.24, 2.45) is 0 Å². The van der Waals surface area contributed by atoms with Crippen LogP contribution >= 0.6 is 11.6 Å². The molecule has 0 aliphatic carbocycles. The molecule has 0 N–H and O–H groups in total. The first-order valence-electron chi connectivity index (χ1n) is 10.9. The first-order valence-corrected chi connectivity index (χ1v) is 13.4. The Bertz CT molecular complexity index is 503. The second-order valence-electron chi connectivity index (χ2n) is 6.10. The Morgan fingerprint density at radius 2 is 1.09 bits per heavy atom. The SMILES string of the molecule is CCCl.CCN1C=CN(C)C1.CCN1C=CN(C)C1.CCOS(=O)OCC.CCOS(=O)[O-].[Cl-]. The van der Waals surface area contributed by atoms with Gasteiger partial charge in [-0.2, -0.15) is 4.21 Å². The molecule has 0 saturated carbocycles. The van der Waals surface area contributed by atoms with Crippen molar-refractivity contribution in [2.45, 2.75) is 41.5 Å². The van der Waals surface area contributed by atoms with E-state index in [9.17, 15) is 13.0 Å². The van der Waals surface area contributed by atoms with E-state index in [0.29, 0.717) is 13.2 Å². The van der Waals surface area contributed by atoms with Crippen molar-refractivity contribution in [2.75, 3.05) is 66.2 Å². The van der Waals surface area contributed by atoms with E-state index < -0.39 is 22.7 Å². The second kappa shape index (κ2) is 30.4. The van der Waals surface area contributed by atoms with Gasteiger partial charge in [0.05, 0.1) is 44.5 Å². The van der Waals surface area contributed by atoms with Crippen LogP contribution in [0.1, 0.15) is 41.5 Å². The summed E-state index contributed by atoms with van der Waals surface area (Å²) in [5, 5.41) is 0. The van der Waals surface area contributed by atoms with Crippen molar-refractivity contribution < 1.29 is 37.9 Å². The Labute approximate surface area is 224 Å². The molecule has 2 rings (SSSR count). The van der Waals surface area contributed by atoms with Gasteiger partial charge in [0.1, 0.15) is 0 Å². The molecule has 0 radical (unpaired) electrons. The highest BCUT2D eigenvalue weighted by Crippen LogP contribution is 2.01. The predicted molar refractivity (Wildman–Crippen MR) is 137 cm³/mol. The van der Waals surface area contributed by atoms with E-state index in [1.165, 1.54) is 0 Å². The lowest BCUT2D eigenvalue weighted by Gasteiger charge is -2.14. The molecule has 34 heavy (non-hydrogen) atoms. The molecule has 0 spiro atoms. The molecule has 14 heteroatoms. The largest absolute Gasteiger partial charge is 1.00 e.